The second kappa shape index (κ2) is 14.4. The lowest BCUT2D eigenvalue weighted by Crippen LogP contribution is -2.46. The van der Waals surface area contributed by atoms with Crippen molar-refractivity contribution in [3.05, 3.63) is 61.2 Å². The van der Waals surface area contributed by atoms with Crippen molar-refractivity contribution in [2.24, 2.45) is 5.92 Å². The molecule has 212 valence electrons. The molecular weight excluding hydrogens is 498 g/mol. The van der Waals surface area contributed by atoms with Crippen molar-refractivity contribution >= 4 is 26.2 Å². The third kappa shape index (κ3) is 11.4. The maximum Gasteiger partial charge on any atom is 0.335 e. The fourth-order valence-corrected chi connectivity index (χ4v) is 4.65. The SMILES string of the molecule is C=CCC(CC(=O)OC(C)(C)C)C(=O)NC[C@H](OC(=O)[C@H](CC=C)O[Si](C)(C)C(C)(C)C)c1ccccc1. The lowest BCUT2D eigenvalue weighted by atomic mass is 10.00. The molecule has 1 rings (SSSR count). The first-order valence-corrected chi connectivity index (χ1v) is 16.1. The minimum Gasteiger partial charge on any atom is -0.460 e. The van der Waals surface area contributed by atoms with Crippen molar-refractivity contribution in [2.75, 3.05) is 6.54 Å². The van der Waals surface area contributed by atoms with Crippen LogP contribution < -0.4 is 5.32 Å². The molecule has 0 bridgehead atoms. The monoisotopic (exact) mass is 545 g/mol. The molecule has 1 unspecified atom stereocenters. The Morgan fingerprint density at radius 1 is 0.974 bits per heavy atom. The predicted octanol–water partition coefficient (Wildman–Crippen LogP) is 6.28. The van der Waals surface area contributed by atoms with E-state index in [1.807, 2.05) is 30.3 Å². The summed E-state index contributed by atoms with van der Waals surface area (Å²) in [5, 5.41) is 2.77. The van der Waals surface area contributed by atoms with Gasteiger partial charge in [-0.15, -0.1) is 13.2 Å². The number of ether oxygens (including phenoxy) is 2. The van der Waals surface area contributed by atoms with Gasteiger partial charge in [-0.25, -0.2) is 4.79 Å². The number of nitrogens with one attached hydrogen (secondary N) is 1. The average Bonchev–Trinajstić information content (AvgIpc) is 2.79. The summed E-state index contributed by atoms with van der Waals surface area (Å²) >= 11 is 0. The Morgan fingerprint density at radius 2 is 1.55 bits per heavy atom. The summed E-state index contributed by atoms with van der Waals surface area (Å²) in [7, 11) is -2.26. The molecule has 38 heavy (non-hydrogen) atoms. The number of hydrogen-bond donors (Lipinski definition) is 1. The van der Waals surface area contributed by atoms with E-state index in [4.69, 9.17) is 13.9 Å². The van der Waals surface area contributed by atoms with Gasteiger partial charge in [0.25, 0.3) is 0 Å². The van der Waals surface area contributed by atoms with E-state index in [0.29, 0.717) is 12.8 Å². The minimum atomic E-state index is -2.26. The van der Waals surface area contributed by atoms with E-state index in [9.17, 15) is 14.4 Å². The van der Waals surface area contributed by atoms with Crippen molar-refractivity contribution < 1.29 is 28.3 Å². The number of esters is 2. The summed E-state index contributed by atoms with van der Waals surface area (Å²) in [6.07, 6.45) is 2.26. The lowest BCUT2D eigenvalue weighted by Gasteiger charge is -2.38. The summed E-state index contributed by atoms with van der Waals surface area (Å²) in [6.45, 7) is 23.3. The van der Waals surface area contributed by atoms with Gasteiger partial charge in [-0.1, -0.05) is 63.3 Å². The molecule has 0 radical (unpaired) electrons. The molecule has 1 N–H and O–H groups in total. The van der Waals surface area contributed by atoms with Gasteiger partial charge in [-0.3, -0.25) is 9.59 Å². The van der Waals surface area contributed by atoms with Crippen molar-refractivity contribution in [3.63, 3.8) is 0 Å². The zero-order chi connectivity index (χ0) is 29.1. The number of benzene rings is 1. The van der Waals surface area contributed by atoms with Crippen molar-refractivity contribution in [1.29, 1.82) is 0 Å². The van der Waals surface area contributed by atoms with Gasteiger partial charge in [0.05, 0.1) is 18.9 Å². The zero-order valence-corrected chi connectivity index (χ0v) is 25.5. The Kier molecular flexibility index (Phi) is 12.7. The number of amides is 1. The van der Waals surface area contributed by atoms with E-state index in [2.05, 4.69) is 52.3 Å². The standard InChI is InChI=1S/C30H47NO6Si/c1-11-16-23(20-26(32)36-29(3,4)5)27(33)31-21-25(22-18-14-13-15-19-22)35-28(34)24(17-12-2)37-38(9,10)30(6,7)8/h11-15,18-19,23-25H,1-2,16-17,20-21H2,3-10H3,(H,31,33)/t23?,24-,25-/m0/s1. The van der Waals surface area contributed by atoms with Gasteiger partial charge in [0.1, 0.15) is 17.8 Å². The molecule has 0 aromatic heterocycles. The highest BCUT2D eigenvalue weighted by Crippen LogP contribution is 2.38. The van der Waals surface area contributed by atoms with Gasteiger partial charge >= 0.3 is 11.9 Å². The first kappa shape index (κ1) is 33.3. The first-order chi connectivity index (χ1) is 17.5. The van der Waals surface area contributed by atoms with Crippen molar-refractivity contribution in [3.8, 4) is 0 Å². The molecule has 3 atom stereocenters. The van der Waals surface area contributed by atoms with Crippen LogP contribution in [0.4, 0.5) is 0 Å². The molecular formula is C30H47NO6Si. The van der Waals surface area contributed by atoms with Gasteiger partial charge in [-0.2, -0.15) is 0 Å². The minimum absolute atomic E-state index is 0.0391. The summed E-state index contributed by atoms with van der Waals surface area (Å²) in [6, 6.07) is 9.22. The third-order valence-corrected chi connectivity index (χ3v) is 10.9. The van der Waals surface area contributed by atoms with Crippen LogP contribution >= 0.6 is 0 Å². The van der Waals surface area contributed by atoms with E-state index < -0.39 is 44.0 Å². The van der Waals surface area contributed by atoms with Gasteiger partial charge < -0.3 is 19.2 Å². The van der Waals surface area contributed by atoms with Gasteiger partial charge in [0, 0.05) is 6.42 Å². The van der Waals surface area contributed by atoms with Gasteiger partial charge in [0.15, 0.2) is 8.32 Å². The Labute approximate surface area is 230 Å². The Balaban J connectivity index is 3.05. The molecule has 0 heterocycles. The average molecular weight is 546 g/mol. The molecule has 0 spiro atoms. The lowest BCUT2D eigenvalue weighted by molar-refractivity contribution is -0.158. The summed E-state index contributed by atoms with van der Waals surface area (Å²) in [5.74, 6) is -1.95. The maximum atomic E-state index is 13.3. The number of hydrogen-bond acceptors (Lipinski definition) is 6. The molecule has 0 aliphatic carbocycles. The predicted molar refractivity (Wildman–Crippen MR) is 154 cm³/mol. The topological polar surface area (TPSA) is 90.9 Å². The largest absolute Gasteiger partial charge is 0.460 e. The highest BCUT2D eigenvalue weighted by atomic mass is 28.4. The normalized spacial score (nSPS) is 14.5. The van der Waals surface area contributed by atoms with Crippen LogP contribution in [-0.2, 0) is 28.3 Å². The number of carbonyl (C=O) groups excluding carboxylic acids is 3. The van der Waals surface area contributed by atoms with E-state index in [1.165, 1.54) is 0 Å². The van der Waals surface area contributed by atoms with E-state index in [-0.39, 0.29) is 23.9 Å². The molecule has 8 heteroatoms. The van der Waals surface area contributed by atoms with Crippen LogP contribution in [0.3, 0.4) is 0 Å². The molecule has 7 nitrogen and oxygen atoms in total. The van der Waals surface area contributed by atoms with Crippen molar-refractivity contribution in [2.45, 2.75) is 96.7 Å². The molecule has 0 fully saturated rings. The second-order valence-corrected chi connectivity index (χ2v) is 16.7. The smallest absolute Gasteiger partial charge is 0.335 e. The molecule has 1 aromatic rings. The van der Waals surface area contributed by atoms with Crippen LogP contribution in [0.15, 0.2) is 55.6 Å². The zero-order valence-electron chi connectivity index (χ0n) is 24.5. The van der Waals surface area contributed by atoms with E-state index in [1.54, 1.807) is 32.9 Å². The third-order valence-electron chi connectivity index (χ3n) is 6.43. The molecule has 0 aliphatic heterocycles. The summed E-state index contributed by atoms with van der Waals surface area (Å²) in [5.41, 5.74) is 0.0890. The maximum absolute atomic E-state index is 13.3. The fourth-order valence-electron chi connectivity index (χ4n) is 3.39. The van der Waals surface area contributed by atoms with Crippen LogP contribution in [0.25, 0.3) is 0 Å². The highest BCUT2D eigenvalue weighted by molar-refractivity contribution is 6.74. The van der Waals surface area contributed by atoms with E-state index >= 15 is 0 Å². The number of carbonyl (C=O) groups is 3. The molecule has 1 amide bonds. The van der Waals surface area contributed by atoms with Crippen LogP contribution in [-0.4, -0.2) is 44.4 Å². The molecule has 0 aliphatic rings. The Hall–Kier alpha value is -2.71. The Bertz CT molecular complexity index is 946. The molecule has 0 saturated heterocycles. The number of rotatable bonds is 14. The highest BCUT2D eigenvalue weighted by Gasteiger charge is 2.41. The van der Waals surface area contributed by atoms with Gasteiger partial charge in [0.2, 0.25) is 5.91 Å². The van der Waals surface area contributed by atoms with Crippen LogP contribution in [0.2, 0.25) is 18.1 Å². The van der Waals surface area contributed by atoms with Crippen LogP contribution in [0.5, 0.6) is 0 Å². The first-order valence-electron chi connectivity index (χ1n) is 13.2. The van der Waals surface area contributed by atoms with E-state index in [0.717, 1.165) is 5.56 Å². The quantitative estimate of drug-likeness (QED) is 0.168. The molecule has 1 aromatic carbocycles. The van der Waals surface area contributed by atoms with Gasteiger partial charge in [-0.05, 0) is 50.9 Å². The summed E-state index contributed by atoms with van der Waals surface area (Å²) < 4.78 is 17.7. The van der Waals surface area contributed by atoms with Crippen molar-refractivity contribution in [1.82, 2.24) is 5.32 Å². The fraction of sp³-hybridized carbons (Fsp3) is 0.567. The number of allylic oxidation sites excluding steroid dienone is 1. The summed E-state index contributed by atoms with van der Waals surface area (Å²) in [4.78, 5) is 38.7. The molecule has 0 saturated carbocycles. The Morgan fingerprint density at radius 3 is 2.05 bits per heavy atom. The van der Waals surface area contributed by atoms with Crippen LogP contribution in [0, 0.1) is 5.92 Å². The second-order valence-electron chi connectivity index (χ2n) is 12.0. The van der Waals surface area contributed by atoms with Crippen LogP contribution in [0.1, 0.15) is 72.5 Å².